The third kappa shape index (κ3) is 3.76. The minimum Gasteiger partial charge on any atom is -0.310 e. The van der Waals surface area contributed by atoms with Crippen LogP contribution in [0.5, 0.6) is 0 Å². The van der Waals surface area contributed by atoms with Crippen LogP contribution < -0.4 is 5.32 Å². The Bertz CT molecular complexity index is 266. The number of aromatic nitrogens is 1. The summed E-state index contributed by atoms with van der Waals surface area (Å²) in [4.78, 5) is 5.77. The quantitative estimate of drug-likeness (QED) is 0.811. The molecule has 0 fully saturated rings. The fraction of sp³-hybridized carbons (Fsp3) is 0.727. The van der Waals surface area contributed by atoms with Gasteiger partial charge < -0.3 is 5.32 Å². The van der Waals surface area contributed by atoms with E-state index in [9.17, 15) is 0 Å². The SMILES string of the molecule is CC(C)CNCc1ncc(C(C)C)s1. The lowest BCUT2D eigenvalue weighted by atomic mass is 10.2. The molecule has 1 heterocycles. The fourth-order valence-corrected chi connectivity index (χ4v) is 2.03. The number of nitrogens with one attached hydrogen (secondary N) is 1. The summed E-state index contributed by atoms with van der Waals surface area (Å²) in [6.45, 7) is 10.8. The zero-order valence-electron chi connectivity index (χ0n) is 9.50. The summed E-state index contributed by atoms with van der Waals surface area (Å²) < 4.78 is 0. The maximum atomic E-state index is 4.39. The molecule has 0 aliphatic carbocycles. The van der Waals surface area contributed by atoms with Crippen LogP contribution >= 0.6 is 11.3 Å². The molecule has 1 rings (SSSR count). The first kappa shape index (κ1) is 11.7. The van der Waals surface area contributed by atoms with Gasteiger partial charge in [-0.25, -0.2) is 4.98 Å². The highest BCUT2D eigenvalue weighted by Gasteiger charge is 2.04. The van der Waals surface area contributed by atoms with Crippen molar-refractivity contribution in [1.82, 2.24) is 10.3 Å². The summed E-state index contributed by atoms with van der Waals surface area (Å²) in [5, 5.41) is 4.60. The van der Waals surface area contributed by atoms with Crippen molar-refractivity contribution in [2.45, 2.75) is 40.2 Å². The van der Waals surface area contributed by atoms with Crippen LogP contribution in [0.2, 0.25) is 0 Å². The van der Waals surface area contributed by atoms with Crippen molar-refractivity contribution in [3.05, 3.63) is 16.1 Å². The fourth-order valence-electron chi connectivity index (χ4n) is 1.14. The van der Waals surface area contributed by atoms with Gasteiger partial charge in [-0.3, -0.25) is 0 Å². The van der Waals surface area contributed by atoms with Gasteiger partial charge in [-0.2, -0.15) is 0 Å². The molecule has 1 aromatic rings. The van der Waals surface area contributed by atoms with E-state index in [2.05, 4.69) is 38.0 Å². The average Bonchev–Trinajstić information content (AvgIpc) is 2.52. The number of rotatable bonds is 5. The molecule has 14 heavy (non-hydrogen) atoms. The summed E-state index contributed by atoms with van der Waals surface area (Å²) in [7, 11) is 0. The molecule has 0 bridgehead atoms. The molecule has 0 amide bonds. The highest BCUT2D eigenvalue weighted by molar-refractivity contribution is 7.11. The minimum absolute atomic E-state index is 0.603. The molecule has 0 radical (unpaired) electrons. The molecule has 2 nitrogen and oxygen atoms in total. The Kier molecular flexibility index (Phi) is 4.55. The summed E-state index contributed by atoms with van der Waals surface area (Å²) in [5.41, 5.74) is 0. The van der Waals surface area contributed by atoms with Gasteiger partial charge in [-0.05, 0) is 18.4 Å². The van der Waals surface area contributed by atoms with Crippen molar-refractivity contribution in [2.75, 3.05) is 6.54 Å². The Balaban J connectivity index is 2.36. The molecule has 1 aromatic heterocycles. The van der Waals surface area contributed by atoms with Gasteiger partial charge in [0.15, 0.2) is 0 Å². The smallest absolute Gasteiger partial charge is 0.107 e. The third-order valence-corrected chi connectivity index (χ3v) is 3.27. The van der Waals surface area contributed by atoms with Gasteiger partial charge in [0, 0.05) is 17.6 Å². The Hall–Kier alpha value is -0.410. The van der Waals surface area contributed by atoms with Crippen LogP contribution in [-0.4, -0.2) is 11.5 Å². The monoisotopic (exact) mass is 212 g/mol. The molecule has 1 N–H and O–H groups in total. The molecular weight excluding hydrogens is 192 g/mol. The first-order valence-electron chi connectivity index (χ1n) is 5.25. The lowest BCUT2D eigenvalue weighted by Gasteiger charge is -2.04. The van der Waals surface area contributed by atoms with Gasteiger partial charge in [0.1, 0.15) is 5.01 Å². The Labute approximate surface area is 90.8 Å². The summed E-state index contributed by atoms with van der Waals surface area (Å²) >= 11 is 1.82. The van der Waals surface area contributed by atoms with Crippen molar-refractivity contribution in [3.8, 4) is 0 Å². The van der Waals surface area contributed by atoms with E-state index in [0.717, 1.165) is 13.1 Å². The van der Waals surface area contributed by atoms with E-state index < -0.39 is 0 Å². The molecule has 0 aromatic carbocycles. The van der Waals surface area contributed by atoms with E-state index >= 15 is 0 Å². The van der Waals surface area contributed by atoms with Crippen LogP contribution in [0.1, 0.15) is 43.5 Å². The maximum absolute atomic E-state index is 4.39. The predicted molar refractivity (Wildman–Crippen MR) is 62.7 cm³/mol. The topological polar surface area (TPSA) is 24.9 Å². The Morgan fingerprint density at radius 1 is 1.36 bits per heavy atom. The number of hydrogen-bond acceptors (Lipinski definition) is 3. The van der Waals surface area contributed by atoms with E-state index in [1.807, 2.05) is 17.5 Å². The van der Waals surface area contributed by atoms with Gasteiger partial charge in [-0.15, -0.1) is 11.3 Å². The molecule has 0 saturated carbocycles. The standard InChI is InChI=1S/C11H20N2S/c1-8(2)5-12-7-11-13-6-10(14-11)9(3)4/h6,8-9,12H,5,7H2,1-4H3. The first-order valence-corrected chi connectivity index (χ1v) is 6.06. The minimum atomic E-state index is 0.603. The summed E-state index contributed by atoms with van der Waals surface area (Å²) in [6.07, 6.45) is 2.00. The molecule has 0 saturated heterocycles. The van der Waals surface area contributed by atoms with Crippen LogP contribution in [0.3, 0.4) is 0 Å². The van der Waals surface area contributed by atoms with E-state index in [0.29, 0.717) is 11.8 Å². The molecule has 0 aliphatic rings. The zero-order valence-corrected chi connectivity index (χ0v) is 10.3. The number of nitrogens with zero attached hydrogens (tertiary/aromatic N) is 1. The highest BCUT2D eigenvalue weighted by Crippen LogP contribution is 2.21. The molecule has 3 heteroatoms. The summed E-state index contributed by atoms with van der Waals surface area (Å²) in [5.74, 6) is 1.31. The Morgan fingerprint density at radius 3 is 2.57 bits per heavy atom. The van der Waals surface area contributed by atoms with Gasteiger partial charge in [-0.1, -0.05) is 27.7 Å². The van der Waals surface area contributed by atoms with Crippen LogP contribution in [0.4, 0.5) is 0 Å². The van der Waals surface area contributed by atoms with Gasteiger partial charge in [0.25, 0.3) is 0 Å². The van der Waals surface area contributed by atoms with E-state index in [4.69, 9.17) is 0 Å². The second kappa shape index (κ2) is 5.47. The molecule has 0 atom stereocenters. The number of thiazole rings is 1. The van der Waals surface area contributed by atoms with Crippen molar-refractivity contribution in [3.63, 3.8) is 0 Å². The normalized spacial score (nSPS) is 11.6. The zero-order chi connectivity index (χ0) is 10.6. The van der Waals surface area contributed by atoms with E-state index in [1.54, 1.807) is 0 Å². The van der Waals surface area contributed by atoms with Crippen LogP contribution in [-0.2, 0) is 6.54 Å². The number of hydrogen-bond donors (Lipinski definition) is 1. The maximum Gasteiger partial charge on any atom is 0.107 e. The third-order valence-electron chi connectivity index (χ3n) is 1.97. The average molecular weight is 212 g/mol. The van der Waals surface area contributed by atoms with Crippen LogP contribution in [0.15, 0.2) is 6.20 Å². The first-order chi connectivity index (χ1) is 6.59. The van der Waals surface area contributed by atoms with Crippen molar-refractivity contribution < 1.29 is 0 Å². The van der Waals surface area contributed by atoms with E-state index in [-0.39, 0.29) is 0 Å². The molecule has 80 valence electrons. The second-order valence-electron chi connectivity index (χ2n) is 4.34. The lowest BCUT2D eigenvalue weighted by Crippen LogP contribution is -2.18. The van der Waals surface area contributed by atoms with Crippen molar-refractivity contribution >= 4 is 11.3 Å². The van der Waals surface area contributed by atoms with Crippen LogP contribution in [0.25, 0.3) is 0 Å². The van der Waals surface area contributed by atoms with Crippen molar-refractivity contribution in [1.29, 1.82) is 0 Å². The Morgan fingerprint density at radius 2 is 2.07 bits per heavy atom. The largest absolute Gasteiger partial charge is 0.310 e. The molecular formula is C11H20N2S. The molecule has 0 spiro atoms. The summed E-state index contributed by atoms with van der Waals surface area (Å²) in [6, 6.07) is 0. The predicted octanol–water partition coefficient (Wildman–Crippen LogP) is 3.01. The van der Waals surface area contributed by atoms with Gasteiger partial charge >= 0.3 is 0 Å². The van der Waals surface area contributed by atoms with Gasteiger partial charge in [0.05, 0.1) is 0 Å². The van der Waals surface area contributed by atoms with Crippen LogP contribution in [0, 0.1) is 5.92 Å². The van der Waals surface area contributed by atoms with Crippen molar-refractivity contribution in [2.24, 2.45) is 5.92 Å². The molecule has 0 unspecified atom stereocenters. The van der Waals surface area contributed by atoms with Gasteiger partial charge in [0.2, 0.25) is 0 Å². The van der Waals surface area contributed by atoms with E-state index in [1.165, 1.54) is 9.88 Å². The molecule has 0 aliphatic heterocycles. The lowest BCUT2D eigenvalue weighted by molar-refractivity contribution is 0.551. The highest BCUT2D eigenvalue weighted by atomic mass is 32.1. The second-order valence-corrected chi connectivity index (χ2v) is 5.48.